The third kappa shape index (κ3) is 4.49. The van der Waals surface area contributed by atoms with Gasteiger partial charge in [0.2, 0.25) is 5.88 Å². The van der Waals surface area contributed by atoms with E-state index < -0.39 is 42.1 Å². The summed E-state index contributed by atoms with van der Waals surface area (Å²) in [5.74, 6) is -1.30. The van der Waals surface area contributed by atoms with Crippen LogP contribution in [-0.2, 0) is 44.4 Å². The van der Waals surface area contributed by atoms with Gasteiger partial charge in [-0.25, -0.2) is 4.79 Å². The van der Waals surface area contributed by atoms with Crippen LogP contribution in [0.2, 0.25) is 0 Å². The van der Waals surface area contributed by atoms with Gasteiger partial charge in [-0.2, -0.15) is 4.98 Å². The van der Waals surface area contributed by atoms with Crippen molar-refractivity contribution in [3.63, 3.8) is 0 Å². The van der Waals surface area contributed by atoms with Gasteiger partial charge in [-0.1, -0.05) is 0 Å². The van der Waals surface area contributed by atoms with Crippen LogP contribution in [-0.4, -0.2) is 91.2 Å². The molecule has 190 valence electrons. The van der Waals surface area contributed by atoms with Crippen molar-refractivity contribution in [2.24, 2.45) is 0 Å². The molecule has 0 radical (unpaired) electrons. The number of methoxy groups -OCH3 is 2. The number of aromatic nitrogens is 2. The Morgan fingerprint density at radius 2 is 1.41 bits per heavy atom. The fourth-order valence-corrected chi connectivity index (χ4v) is 4.94. The van der Waals surface area contributed by atoms with Gasteiger partial charge in [0.1, 0.15) is 43.2 Å². The Balaban J connectivity index is 1.21. The Hall–Kier alpha value is -1.64. The minimum Gasteiger partial charge on any atom is -0.475 e. The molecule has 5 rings (SSSR count). The fraction of sp³-hybridized carbons (Fsp3) is 0.818. The molecule has 8 atom stereocenters. The summed E-state index contributed by atoms with van der Waals surface area (Å²) in [6, 6.07) is 1.62. The molecule has 0 aliphatic carbocycles. The van der Waals surface area contributed by atoms with Gasteiger partial charge < -0.3 is 42.6 Å². The molecule has 4 fully saturated rings. The maximum atomic E-state index is 12.7. The Labute approximate surface area is 197 Å². The molecule has 0 N–H and O–H groups in total. The van der Waals surface area contributed by atoms with Crippen molar-refractivity contribution < 1.29 is 42.6 Å². The number of rotatable bonds is 7. The number of nitrogens with zero attached hydrogens (tertiary/aromatic N) is 2. The van der Waals surface area contributed by atoms with E-state index in [4.69, 9.17) is 42.6 Å². The van der Waals surface area contributed by atoms with Crippen molar-refractivity contribution in [1.82, 2.24) is 9.55 Å². The summed E-state index contributed by atoms with van der Waals surface area (Å²) in [4.78, 5) is 16.7. The highest BCUT2D eigenvalue weighted by atomic mass is 16.8. The van der Waals surface area contributed by atoms with Crippen LogP contribution in [0.4, 0.5) is 0 Å². The summed E-state index contributed by atoms with van der Waals surface area (Å²) in [7, 11) is 3.10. The van der Waals surface area contributed by atoms with Gasteiger partial charge in [-0.3, -0.25) is 4.57 Å². The van der Waals surface area contributed by atoms with Crippen molar-refractivity contribution in [2.45, 2.75) is 95.0 Å². The molecule has 0 amide bonds. The van der Waals surface area contributed by atoms with Gasteiger partial charge in [0, 0.05) is 26.5 Å². The van der Waals surface area contributed by atoms with Crippen LogP contribution in [0.5, 0.6) is 5.88 Å². The Morgan fingerprint density at radius 1 is 0.882 bits per heavy atom. The molecule has 0 saturated carbocycles. The molecule has 0 spiro atoms. The van der Waals surface area contributed by atoms with Crippen molar-refractivity contribution in [3.8, 4) is 5.88 Å². The summed E-state index contributed by atoms with van der Waals surface area (Å²) >= 11 is 0. The van der Waals surface area contributed by atoms with E-state index in [9.17, 15) is 4.79 Å². The quantitative estimate of drug-likeness (QED) is 0.535. The third-order valence-electron chi connectivity index (χ3n) is 6.30. The number of ether oxygens (including phenoxy) is 9. The third-order valence-corrected chi connectivity index (χ3v) is 6.30. The van der Waals surface area contributed by atoms with Crippen LogP contribution in [0.25, 0.3) is 0 Å². The maximum absolute atomic E-state index is 12.7. The summed E-state index contributed by atoms with van der Waals surface area (Å²) in [6.07, 6.45) is -1.80. The molecule has 1 aromatic rings. The van der Waals surface area contributed by atoms with E-state index in [1.54, 1.807) is 26.5 Å². The summed E-state index contributed by atoms with van der Waals surface area (Å²) in [6.45, 7) is 7.71. The molecule has 4 saturated heterocycles. The van der Waals surface area contributed by atoms with E-state index >= 15 is 0 Å². The molecule has 0 unspecified atom stereocenters. The number of hydrogen-bond donors (Lipinski definition) is 0. The first-order valence-corrected chi connectivity index (χ1v) is 11.4. The van der Waals surface area contributed by atoms with Crippen LogP contribution in [0.3, 0.4) is 0 Å². The van der Waals surface area contributed by atoms with Gasteiger partial charge in [0.25, 0.3) is 0 Å². The van der Waals surface area contributed by atoms with Crippen LogP contribution in [0.15, 0.2) is 17.1 Å². The lowest BCUT2D eigenvalue weighted by atomic mass is 10.1. The molecule has 4 aliphatic rings. The lowest BCUT2D eigenvalue weighted by molar-refractivity contribution is -0.229. The predicted molar refractivity (Wildman–Crippen MR) is 113 cm³/mol. The normalized spacial score (nSPS) is 39.8. The monoisotopic (exact) mass is 484 g/mol. The van der Waals surface area contributed by atoms with Crippen LogP contribution >= 0.6 is 0 Å². The zero-order chi connectivity index (χ0) is 24.3. The molecule has 12 nitrogen and oxygen atoms in total. The van der Waals surface area contributed by atoms with Crippen molar-refractivity contribution in [3.05, 3.63) is 22.7 Å². The Morgan fingerprint density at radius 3 is 1.97 bits per heavy atom. The summed E-state index contributed by atoms with van der Waals surface area (Å²) in [5, 5.41) is 0. The van der Waals surface area contributed by atoms with Crippen LogP contribution in [0.1, 0.15) is 27.7 Å². The van der Waals surface area contributed by atoms with Crippen molar-refractivity contribution >= 4 is 0 Å². The largest absolute Gasteiger partial charge is 0.475 e. The molecule has 0 bridgehead atoms. The van der Waals surface area contributed by atoms with E-state index in [0.717, 1.165) is 0 Å². The predicted octanol–water partition coefficient (Wildman–Crippen LogP) is 0.405. The van der Waals surface area contributed by atoms with Gasteiger partial charge in [-0.05, 0) is 27.7 Å². The molecule has 34 heavy (non-hydrogen) atoms. The van der Waals surface area contributed by atoms with Crippen molar-refractivity contribution in [1.29, 1.82) is 0 Å². The lowest BCUT2D eigenvalue weighted by Crippen LogP contribution is -2.37. The van der Waals surface area contributed by atoms with E-state index in [0.29, 0.717) is 0 Å². The van der Waals surface area contributed by atoms with E-state index in [1.165, 1.54) is 4.57 Å². The zero-order valence-corrected chi connectivity index (χ0v) is 20.2. The van der Waals surface area contributed by atoms with Gasteiger partial charge in [-0.15, -0.1) is 0 Å². The number of hydrogen-bond acceptors (Lipinski definition) is 11. The first-order valence-electron chi connectivity index (χ1n) is 11.4. The minimum atomic E-state index is -0.749. The molecular weight excluding hydrogens is 452 g/mol. The zero-order valence-electron chi connectivity index (χ0n) is 20.2. The summed E-state index contributed by atoms with van der Waals surface area (Å²) < 4.78 is 53.4. The molecule has 12 heteroatoms. The fourth-order valence-electron chi connectivity index (χ4n) is 4.94. The molecule has 1 aromatic heterocycles. The highest BCUT2D eigenvalue weighted by Crippen LogP contribution is 2.40. The van der Waals surface area contributed by atoms with Gasteiger partial charge >= 0.3 is 5.69 Å². The van der Waals surface area contributed by atoms with E-state index in [2.05, 4.69) is 4.98 Å². The standard InChI is InChI=1S/C22H32N2O10/c1-21(2)31-14-11(29-18(26-5)16(14)33-21)9-24-8-7-13(23-20(24)25)28-10-12-15-17(19(27-6)30-12)34-22(3,4)32-15/h7-8,11-12,14-19H,9-10H2,1-6H3/t11-,12-,14-,15-,16-,17-,18-,19-/m1/s1. The Kier molecular flexibility index (Phi) is 6.22. The van der Waals surface area contributed by atoms with E-state index in [1.807, 2.05) is 27.7 Å². The second kappa shape index (κ2) is 8.79. The Bertz CT molecular complexity index is 952. The smallest absolute Gasteiger partial charge is 0.350 e. The maximum Gasteiger partial charge on any atom is 0.350 e. The first-order chi connectivity index (χ1) is 16.1. The average Bonchev–Trinajstić information content (AvgIpc) is 3.45. The second-order valence-electron chi connectivity index (χ2n) is 9.70. The molecule has 4 aliphatic heterocycles. The second-order valence-corrected chi connectivity index (χ2v) is 9.70. The topological polar surface area (TPSA) is 118 Å². The van der Waals surface area contributed by atoms with Crippen LogP contribution in [0, 0.1) is 0 Å². The molecule has 5 heterocycles. The first kappa shape index (κ1) is 24.1. The number of fused-ring (bicyclic) bond motifs is 2. The SMILES string of the molecule is CO[C@@H]1O[C@H](COc2ccn(C[C@H]3O[C@@H](OC)[C@@H]4OC(C)(C)O[C@@H]43)c(=O)n2)[C@H]2OC(C)(C)O[C@@H]12. The van der Waals surface area contributed by atoms with Crippen molar-refractivity contribution in [2.75, 3.05) is 20.8 Å². The summed E-state index contributed by atoms with van der Waals surface area (Å²) in [5.41, 5.74) is -0.474. The van der Waals surface area contributed by atoms with Gasteiger partial charge in [0.05, 0.1) is 6.54 Å². The van der Waals surface area contributed by atoms with Gasteiger partial charge in [0.15, 0.2) is 24.2 Å². The minimum absolute atomic E-state index is 0.127. The molecular formula is C22H32N2O10. The highest BCUT2D eigenvalue weighted by Gasteiger charge is 2.56. The average molecular weight is 485 g/mol. The highest BCUT2D eigenvalue weighted by molar-refractivity contribution is 5.07. The van der Waals surface area contributed by atoms with Crippen LogP contribution < -0.4 is 10.4 Å². The lowest BCUT2D eigenvalue weighted by Gasteiger charge is -2.24. The van der Waals surface area contributed by atoms with E-state index in [-0.39, 0.29) is 43.4 Å². The molecule has 0 aromatic carbocycles.